The van der Waals surface area contributed by atoms with Crippen molar-refractivity contribution in [3.8, 4) is 0 Å². The van der Waals surface area contributed by atoms with E-state index in [2.05, 4.69) is 24.9 Å². The zero-order chi connectivity index (χ0) is 6.69. The maximum absolute atomic E-state index is 4.20. The number of aryl methyl sites for hydroxylation is 2. The molecule has 0 radical (unpaired) electrons. The predicted octanol–water partition coefficient (Wildman–Crippen LogP) is 1.95. The fourth-order valence-electron chi connectivity index (χ4n) is 0.889. The lowest BCUT2D eigenvalue weighted by molar-refractivity contribution is 1.01. The van der Waals surface area contributed by atoms with E-state index in [0.717, 1.165) is 6.42 Å². The highest BCUT2D eigenvalue weighted by atomic mass is 14.7. The summed E-state index contributed by atoms with van der Waals surface area (Å²) in [6.07, 6.45) is 2.87. The first-order valence-electron chi connectivity index (χ1n) is 3.25. The van der Waals surface area contributed by atoms with E-state index in [4.69, 9.17) is 0 Å². The predicted molar refractivity (Wildman–Crippen MR) is 38.4 cm³/mol. The van der Waals surface area contributed by atoms with Crippen molar-refractivity contribution in [3.05, 3.63) is 29.6 Å². The first kappa shape index (κ1) is 6.27. The normalized spacial score (nSPS) is 9.56. The topological polar surface area (TPSA) is 12.9 Å². The number of pyridine rings is 1. The van der Waals surface area contributed by atoms with Gasteiger partial charge in [-0.1, -0.05) is 13.0 Å². The number of hydrogen-bond donors (Lipinski definition) is 0. The fraction of sp³-hybridized carbons (Fsp3) is 0.375. The van der Waals surface area contributed by atoms with E-state index in [1.807, 2.05) is 12.3 Å². The SMILES string of the molecule is CCc1ncccc1C. The largest absolute Gasteiger partial charge is 0.261 e. The van der Waals surface area contributed by atoms with Crippen LogP contribution in [0.1, 0.15) is 18.2 Å². The van der Waals surface area contributed by atoms with Gasteiger partial charge in [0.1, 0.15) is 0 Å². The van der Waals surface area contributed by atoms with Gasteiger partial charge in [-0.25, -0.2) is 0 Å². The summed E-state index contributed by atoms with van der Waals surface area (Å²) in [4.78, 5) is 4.20. The van der Waals surface area contributed by atoms with Crippen molar-refractivity contribution in [1.29, 1.82) is 0 Å². The molecule has 1 heteroatoms. The van der Waals surface area contributed by atoms with Gasteiger partial charge in [0.2, 0.25) is 0 Å². The number of nitrogens with zero attached hydrogens (tertiary/aromatic N) is 1. The Kier molecular flexibility index (Phi) is 1.83. The van der Waals surface area contributed by atoms with Gasteiger partial charge >= 0.3 is 0 Å². The molecule has 0 aromatic carbocycles. The number of rotatable bonds is 1. The Balaban J connectivity index is 3.01. The molecule has 0 unspecified atom stereocenters. The Labute approximate surface area is 55.7 Å². The fourth-order valence-corrected chi connectivity index (χ4v) is 0.889. The third-order valence-corrected chi connectivity index (χ3v) is 1.45. The highest BCUT2D eigenvalue weighted by molar-refractivity contribution is 5.16. The number of aromatic nitrogens is 1. The molecule has 0 N–H and O–H groups in total. The van der Waals surface area contributed by atoms with E-state index in [9.17, 15) is 0 Å². The lowest BCUT2D eigenvalue weighted by Crippen LogP contribution is -1.88. The van der Waals surface area contributed by atoms with Crippen molar-refractivity contribution in [1.82, 2.24) is 4.98 Å². The molecule has 0 saturated heterocycles. The molecule has 0 spiro atoms. The van der Waals surface area contributed by atoms with Crippen LogP contribution in [0.25, 0.3) is 0 Å². The molecule has 9 heavy (non-hydrogen) atoms. The summed E-state index contributed by atoms with van der Waals surface area (Å²) < 4.78 is 0. The minimum Gasteiger partial charge on any atom is -0.261 e. The Morgan fingerprint density at radius 2 is 2.33 bits per heavy atom. The zero-order valence-electron chi connectivity index (χ0n) is 5.89. The molecule has 0 aliphatic rings. The van der Waals surface area contributed by atoms with Crippen LogP contribution in [0.5, 0.6) is 0 Å². The van der Waals surface area contributed by atoms with Gasteiger partial charge in [-0.05, 0) is 25.0 Å². The Morgan fingerprint density at radius 1 is 1.56 bits per heavy atom. The van der Waals surface area contributed by atoms with Crippen molar-refractivity contribution in [2.75, 3.05) is 0 Å². The van der Waals surface area contributed by atoms with Crippen LogP contribution in [0.4, 0.5) is 0 Å². The van der Waals surface area contributed by atoms with Gasteiger partial charge in [0.15, 0.2) is 0 Å². The lowest BCUT2D eigenvalue weighted by atomic mass is 10.2. The van der Waals surface area contributed by atoms with Gasteiger partial charge in [0.05, 0.1) is 0 Å². The monoisotopic (exact) mass is 121 g/mol. The lowest BCUT2D eigenvalue weighted by Gasteiger charge is -1.97. The number of hydrogen-bond acceptors (Lipinski definition) is 1. The molecule has 0 atom stereocenters. The summed E-state index contributed by atoms with van der Waals surface area (Å²) in [6.45, 7) is 4.21. The van der Waals surface area contributed by atoms with E-state index in [0.29, 0.717) is 0 Å². The summed E-state index contributed by atoms with van der Waals surface area (Å²) in [5.41, 5.74) is 2.50. The Morgan fingerprint density at radius 3 is 2.78 bits per heavy atom. The molecule has 0 fully saturated rings. The summed E-state index contributed by atoms with van der Waals surface area (Å²) in [5.74, 6) is 0. The molecule has 1 rings (SSSR count). The van der Waals surface area contributed by atoms with Crippen molar-refractivity contribution in [2.45, 2.75) is 20.3 Å². The van der Waals surface area contributed by atoms with E-state index in [-0.39, 0.29) is 0 Å². The molecule has 1 heterocycles. The van der Waals surface area contributed by atoms with Crippen molar-refractivity contribution in [3.63, 3.8) is 0 Å². The van der Waals surface area contributed by atoms with E-state index < -0.39 is 0 Å². The van der Waals surface area contributed by atoms with Crippen LogP contribution in [0.15, 0.2) is 18.3 Å². The smallest absolute Gasteiger partial charge is 0.0429 e. The third kappa shape index (κ3) is 1.28. The van der Waals surface area contributed by atoms with Crippen molar-refractivity contribution < 1.29 is 0 Å². The van der Waals surface area contributed by atoms with Crippen molar-refractivity contribution in [2.24, 2.45) is 0 Å². The van der Waals surface area contributed by atoms with Gasteiger partial charge in [-0.2, -0.15) is 0 Å². The van der Waals surface area contributed by atoms with Gasteiger partial charge in [0.25, 0.3) is 0 Å². The molecule has 0 amide bonds. The maximum Gasteiger partial charge on any atom is 0.0429 e. The molecule has 0 aliphatic carbocycles. The first-order valence-corrected chi connectivity index (χ1v) is 3.25. The molecule has 1 aromatic rings. The standard InChI is InChI=1S/C8H11N/c1-3-8-7(2)5-4-6-9-8/h4-6H,3H2,1-2H3. The van der Waals surface area contributed by atoms with Crippen LogP contribution in [0, 0.1) is 6.92 Å². The second-order valence-electron chi connectivity index (χ2n) is 2.12. The molecule has 1 nitrogen and oxygen atoms in total. The first-order chi connectivity index (χ1) is 4.34. The highest BCUT2D eigenvalue weighted by Gasteiger charge is 1.91. The van der Waals surface area contributed by atoms with Crippen LogP contribution in [0.3, 0.4) is 0 Å². The van der Waals surface area contributed by atoms with Gasteiger partial charge < -0.3 is 0 Å². The highest BCUT2D eigenvalue weighted by Crippen LogP contribution is 2.01. The minimum atomic E-state index is 1.03. The van der Waals surface area contributed by atoms with E-state index in [1.54, 1.807) is 0 Å². The molecule has 0 bridgehead atoms. The third-order valence-electron chi connectivity index (χ3n) is 1.45. The van der Waals surface area contributed by atoms with Crippen LogP contribution < -0.4 is 0 Å². The summed E-state index contributed by atoms with van der Waals surface area (Å²) in [6, 6.07) is 4.06. The summed E-state index contributed by atoms with van der Waals surface area (Å²) >= 11 is 0. The second kappa shape index (κ2) is 2.62. The van der Waals surface area contributed by atoms with Gasteiger partial charge in [-0.15, -0.1) is 0 Å². The van der Waals surface area contributed by atoms with Crippen LogP contribution >= 0.6 is 0 Å². The maximum atomic E-state index is 4.20. The Hall–Kier alpha value is -0.850. The van der Waals surface area contributed by atoms with Crippen LogP contribution in [-0.2, 0) is 6.42 Å². The molecule has 0 aliphatic heterocycles. The van der Waals surface area contributed by atoms with Crippen LogP contribution in [-0.4, -0.2) is 4.98 Å². The second-order valence-corrected chi connectivity index (χ2v) is 2.12. The van der Waals surface area contributed by atoms with Crippen molar-refractivity contribution >= 4 is 0 Å². The molecule has 1 aromatic heterocycles. The van der Waals surface area contributed by atoms with Gasteiger partial charge in [-0.3, -0.25) is 4.98 Å². The quantitative estimate of drug-likeness (QED) is 0.553. The van der Waals surface area contributed by atoms with Gasteiger partial charge in [0, 0.05) is 11.9 Å². The average molecular weight is 121 g/mol. The molecular formula is C8H11N. The molecule has 48 valence electrons. The molecule has 0 saturated carbocycles. The summed E-state index contributed by atoms with van der Waals surface area (Å²) in [5, 5.41) is 0. The van der Waals surface area contributed by atoms with Crippen LogP contribution in [0.2, 0.25) is 0 Å². The molecular weight excluding hydrogens is 110 g/mol. The summed E-state index contributed by atoms with van der Waals surface area (Å²) in [7, 11) is 0. The van der Waals surface area contributed by atoms with E-state index in [1.165, 1.54) is 11.3 Å². The minimum absolute atomic E-state index is 1.03. The Bertz CT molecular complexity index is 194. The average Bonchev–Trinajstić information content (AvgIpc) is 1.89. The zero-order valence-corrected chi connectivity index (χ0v) is 5.89. The van der Waals surface area contributed by atoms with E-state index >= 15 is 0 Å².